The SMILES string of the molecule is O=C(CN(c1ccc(Oc2ccccc2)cc1)S(=O)(=O)c1ccccc1)Nc1cc(Cl)ccc1Cl. The third-order valence-corrected chi connectivity index (χ3v) is 7.28. The van der Waals surface area contributed by atoms with Crippen LogP contribution in [0.2, 0.25) is 10.0 Å². The van der Waals surface area contributed by atoms with Crippen molar-refractivity contribution in [1.82, 2.24) is 0 Å². The minimum absolute atomic E-state index is 0.0539. The Morgan fingerprint density at radius 3 is 2.06 bits per heavy atom. The zero-order valence-electron chi connectivity index (χ0n) is 18.3. The third kappa shape index (κ3) is 6.14. The molecule has 4 aromatic carbocycles. The number of rotatable bonds is 8. The molecule has 0 atom stereocenters. The number of halogens is 2. The van der Waals surface area contributed by atoms with Gasteiger partial charge in [0.25, 0.3) is 10.0 Å². The molecular weight excluding hydrogens is 507 g/mol. The van der Waals surface area contributed by atoms with Gasteiger partial charge in [-0.3, -0.25) is 9.10 Å². The van der Waals surface area contributed by atoms with E-state index in [0.29, 0.717) is 22.2 Å². The number of anilines is 2. The highest BCUT2D eigenvalue weighted by molar-refractivity contribution is 7.92. The number of amides is 1. The maximum atomic E-state index is 13.5. The Morgan fingerprint density at radius 2 is 1.40 bits per heavy atom. The summed E-state index contributed by atoms with van der Waals surface area (Å²) in [5.41, 5.74) is 0.578. The first-order valence-electron chi connectivity index (χ1n) is 10.5. The molecule has 35 heavy (non-hydrogen) atoms. The number of sulfonamides is 1. The lowest BCUT2D eigenvalue weighted by Gasteiger charge is -2.24. The quantitative estimate of drug-likeness (QED) is 0.280. The molecule has 4 aromatic rings. The molecule has 1 N–H and O–H groups in total. The number of carbonyl (C=O) groups excluding carboxylic acids is 1. The molecule has 0 radical (unpaired) electrons. The number of benzene rings is 4. The van der Waals surface area contributed by atoms with Crippen molar-refractivity contribution in [3.63, 3.8) is 0 Å². The maximum absolute atomic E-state index is 13.5. The molecule has 0 saturated heterocycles. The maximum Gasteiger partial charge on any atom is 0.264 e. The molecule has 0 aromatic heterocycles. The zero-order chi connectivity index (χ0) is 24.8. The number of para-hydroxylation sites is 1. The lowest BCUT2D eigenvalue weighted by molar-refractivity contribution is -0.114. The second-order valence-corrected chi connectivity index (χ2v) is 10.1. The van der Waals surface area contributed by atoms with E-state index in [1.54, 1.807) is 54.6 Å². The Balaban J connectivity index is 1.63. The predicted molar refractivity (Wildman–Crippen MR) is 139 cm³/mol. The molecule has 0 aliphatic rings. The van der Waals surface area contributed by atoms with Gasteiger partial charge in [-0.15, -0.1) is 0 Å². The fourth-order valence-electron chi connectivity index (χ4n) is 3.25. The fourth-order valence-corrected chi connectivity index (χ4v) is 5.03. The number of ether oxygens (including phenoxy) is 1. The largest absolute Gasteiger partial charge is 0.457 e. The van der Waals surface area contributed by atoms with Crippen LogP contribution in [0.15, 0.2) is 108 Å². The van der Waals surface area contributed by atoms with Crippen LogP contribution in [0.4, 0.5) is 11.4 Å². The Hall–Kier alpha value is -3.52. The number of nitrogens with one attached hydrogen (secondary N) is 1. The molecule has 4 rings (SSSR count). The van der Waals surface area contributed by atoms with Gasteiger partial charge < -0.3 is 10.1 Å². The number of nitrogens with zero attached hydrogens (tertiary/aromatic N) is 1. The fraction of sp³-hybridized carbons (Fsp3) is 0.0385. The highest BCUT2D eigenvalue weighted by Crippen LogP contribution is 2.29. The van der Waals surface area contributed by atoms with Gasteiger partial charge >= 0.3 is 0 Å². The molecule has 0 fully saturated rings. The Labute approximate surface area is 213 Å². The van der Waals surface area contributed by atoms with Crippen LogP contribution >= 0.6 is 23.2 Å². The average Bonchev–Trinajstić information content (AvgIpc) is 2.86. The van der Waals surface area contributed by atoms with Gasteiger partial charge in [0, 0.05) is 5.02 Å². The van der Waals surface area contributed by atoms with E-state index in [1.807, 2.05) is 30.3 Å². The van der Waals surface area contributed by atoms with E-state index in [9.17, 15) is 13.2 Å². The van der Waals surface area contributed by atoms with Crippen molar-refractivity contribution in [3.8, 4) is 11.5 Å². The smallest absolute Gasteiger partial charge is 0.264 e. The van der Waals surface area contributed by atoms with Gasteiger partial charge in [-0.2, -0.15) is 0 Å². The van der Waals surface area contributed by atoms with Crippen LogP contribution in [0.5, 0.6) is 11.5 Å². The van der Waals surface area contributed by atoms with Gasteiger partial charge in [-0.1, -0.05) is 59.6 Å². The van der Waals surface area contributed by atoms with Crippen molar-refractivity contribution in [2.75, 3.05) is 16.2 Å². The van der Waals surface area contributed by atoms with Crippen molar-refractivity contribution in [3.05, 3.63) is 113 Å². The first kappa shape index (κ1) is 24.6. The standard InChI is InChI=1S/C26H20Cl2N2O4S/c27-19-11-16-24(28)25(17-19)29-26(31)18-30(35(32,33)23-9-5-2-6-10-23)20-12-14-22(15-13-20)34-21-7-3-1-4-8-21/h1-17H,18H2,(H,29,31). The monoisotopic (exact) mass is 526 g/mol. The Morgan fingerprint density at radius 1 is 0.800 bits per heavy atom. The van der Waals surface area contributed by atoms with Gasteiger partial charge in [0.05, 0.1) is 21.3 Å². The highest BCUT2D eigenvalue weighted by Gasteiger charge is 2.27. The van der Waals surface area contributed by atoms with E-state index in [4.69, 9.17) is 27.9 Å². The highest BCUT2D eigenvalue weighted by atomic mass is 35.5. The second kappa shape index (κ2) is 10.8. The van der Waals surface area contributed by atoms with Crippen LogP contribution in [-0.2, 0) is 14.8 Å². The first-order valence-corrected chi connectivity index (χ1v) is 12.7. The minimum Gasteiger partial charge on any atom is -0.457 e. The summed E-state index contributed by atoms with van der Waals surface area (Å²) in [5.74, 6) is 0.581. The van der Waals surface area contributed by atoms with Gasteiger partial charge in [-0.25, -0.2) is 8.42 Å². The molecule has 1 amide bonds. The average molecular weight is 527 g/mol. The molecule has 0 aliphatic heterocycles. The second-order valence-electron chi connectivity index (χ2n) is 7.41. The van der Waals surface area contributed by atoms with Gasteiger partial charge in [0.1, 0.15) is 18.0 Å². The van der Waals surface area contributed by atoms with Gasteiger partial charge in [0.2, 0.25) is 5.91 Å². The van der Waals surface area contributed by atoms with Gasteiger partial charge in [-0.05, 0) is 66.7 Å². The van der Waals surface area contributed by atoms with Crippen LogP contribution in [0, 0.1) is 0 Å². The molecule has 0 heterocycles. The molecular formula is C26H20Cl2N2O4S. The summed E-state index contributed by atoms with van der Waals surface area (Å²) in [7, 11) is -4.06. The van der Waals surface area contributed by atoms with Crippen LogP contribution in [-0.4, -0.2) is 20.9 Å². The summed E-state index contributed by atoms with van der Waals surface area (Å²) in [6.45, 7) is -0.487. The summed E-state index contributed by atoms with van der Waals surface area (Å²) < 4.78 is 33.8. The molecule has 178 valence electrons. The normalized spacial score (nSPS) is 11.0. The van der Waals surface area contributed by atoms with Crippen molar-refractivity contribution < 1.29 is 17.9 Å². The first-order chi connectivity index (χ1) is 16.8. The lowest BCUT2D eigenvalue weighted by atomic mass is 10.3. The molecule has 0 aliphatic carbocycles. The van der Waals surface area contributed by atoms with Gasteiger partial charge in [0.15, 0.2) is 0 Å². The number of hydrogen-bond donors (Lipinski definition) is 1. The Bertz CT molecular complexity index is 1420. The molecule has 0 saturated carbocycles. The summed E-state index contributed by atoms with van der Waals surface area (Å²) in [5, 5.41) is 3.29. The van der Waals surface area contributed by atoms with E-state index >= 15 is 0 Å². The van der Waals surface area contributed by atoms with Crippen molar-refractivity contribution >= 4 is 50.5 Å². The van der Waals surface area contributed by atoms with E-state index in [0.717, 1.165) is 4.31 Å². The topological polar surface area (TPSA) is 75.7 Å². The van der Waals surface area contributed by atoms with E-state index in [1.165, 1.54) is 18.2 Å². The summed E-state index contributed by atoms with van der Waals surface area (Å²) in [4.78, 5) is 13.0. The van der Waals surface area contributed by atoms with E-state index in [2.05, 4.69) is 5.32 Å². The summed E-state index contributed by atoms with van der Waals surface area (Å²) >= 11 is 12.1. The van der Waals surface area contributed by atoms with E-state index in [-0.39, 0.29) is 15.6 Å². The van der Waals surface area contributed by atoms with Crippen molar-refractivity contribution in [1.29, 1.82) is 0 Å². The van der Waals surface area contributed by atoms with Crippen LogP contribution in [0.1, 0.15) is 0 Å². The Kier molecular flexibility index (Phi) is 7.60. The number of hydrogen-bond acceptors (Lipinski definition) is 4. The molecule has 0 spiro atoms. The summed E-state index contributed by atoms with van der Waals surface area (Å²) in [6.07, 6.45) is 0. The molecule has 6 nitrogen and oxygen atoms in total. The number of carbonyl (C=O) groups is 1. The van der Waals surface area contributed by atoms with Crippen LogP contribution in [0.25, 0.3) is 0 Å². The van der Waals surface area contributed by atoms with Crippen LogP contribution < -0.4 is 14.4 Å². The lowest BCUT2D eigenvalue weighted by Crippen LogP contribution is -2.38. The zero-order valence-corrected chi connectivity index (χ0v) is 20.6. The van der Waals surface area contributed by atoms with Crippen molar-refractivity contribution in [2.24, 2.45) is 0 Å². The van der Waals surface area contributed by atoms with Crippen molar-refractivity contribution in [2.45, 2.75) is 4.90 Å². The van der Waals surface area contributed by atoms with E-state index < -0.39 is 22.5 Å². The molecule has 9 heteroatoms. The predicted octanol–water partition coefficient (Wildman–Crippen LogP) is 6.62. The molecule has 0 bridgehead atoms. The minimum atomic E-state index is -4.06. The summed E-state index contributed by atoms with van der Waals surface area (Å²) in [6, 6.07) is 28.2. The van der Waals surface area contributed by atoms with Crippen LogP contribution in [0.3, 0.4) is 0 Å². The third-order valence-electron chi connectivity index (χ3n) is 4.92. The molecule has 0 unspecified atom stereocenters.